The summed E-state index contributed by atoms with van der Waals surface area (Å²) in [6, 6.07) is 9.80. The van der Waals surface area contributed by atoms with Crippen molar-refractivity contribution in [2.24, 2.45) is 0 Å². The predicted molar refractivity (Wildman–Crippen MR) is 93.1 cm³/mol. The predicted octanol–water partition coefficient (Wildman–Crippen LogP) is 1.97. The van der Waals surface area contributed by atoms with Crippen molar-refractivity contribution in [1.82, 2.24) is 9.80 Å². The van der Waals surface area contributed by atoms with Crippen LogP contribution in [0.5, 0.6) is 5.75 Å². The second-order valence-electron chi connectivity index (χ2n) is 6.40. The summed E-state index contributed by atoms with van der Waals surface area (Å²) in [5, 5.41) is 9.63. The Morgan fingerprint density at radius 2 is 2.04 bits per heavy atom. The van der Waals surface area contributed by atoms with Crippen LogP contribution < -0.4 is 4.74 Å². The lowest BCUT2D eigenvalue weighted by Crippen LogP contribution is -2.51. The standard InChI is InChI=1S/C19H25N3O3/c1-2-24-16-7-5-15(6-8-16)17(14-20)21-9-11-22(12-10-21)19(23)18-4-3-13-25-18/h5-8,17-18H,2-4,9-13H2,1H3. The minimum atomic E-state index is -0.296. The van der Waals surface area contributed by atoms with E-state index in [0.29, 0.717) is 39.4 Å². The average molecular weight is 343 g/mol. The zero-order valence-corrected chi connectivity index (χ0v) is 14.7. The van der Waals surface area contributed by atoms with Crippen LogP contribution in [0.4, 0.5) is 0 Å². The van der Waals surface area contributed by atoms with Crippen LogP contribution in [0.15, 0.2) is 24.3 Å². The summed E-state index contributed by atoms with van der Waals surface area (Å²) in [6.45, 7) is 5.95. The van der Waals surface area contributed by atoms with Gasteiger partial charge in [-0.25, -0.2) is 0 Å². The first-order valence-electron chi connectivity index (χ1n) is 8.99. The summed E-state index contributed by atoms with van der Waals surface area (Å²) >= 11 is 0. The monoisotopic (exact) mass is 343 g/mol. The number of benzene rings is 1. The maximum Gasteiger partial charge on any atom is 0.251 e. The van der Waals surface area contributed by atoms with Crippen molar-refractivity contribution in [3.05, 3.63) is 29.8 Å². The highest BCUT2D eigenvalue weighted by Crippen LogP contribution is 2.24. The van der Waals surface area contributed by atoms with Crippen LogP contribution in [0.2, 0.25) is 0 Å². The molecule has 2 heterocycles. The molecular formula is C19H25N3O3. The summed E-state index contributed by atoms with van der Waals surface area (Å²) < 4.78 is 11.0. The number of hydrogen-bond acceptors (Lipinski definition) is 5. The van der Waals surface area contributed by atoms with E-state index < -0.39 is 0 Å². The molecule has 2 saturated heterocycles. The first-order valence-corrected chi connectivity index (χ1v) is 8.99. The van der Waals surface area contributed by atoms with Gasteiger partial charge in [0.1, 0.15) is 17.9 Å². The molecule has 0 bridgehead atoms. The quantitative estimate of drug-likeness (QED) is 0.818. The van der Waals surface area contributed by atoms with E-state index in [0.717, 1.165) is 24.2 Å². The van der Waals surface area contributed by atoms with Crippen LogP contribution >= 0.6 is 0 Å². The molecule has 2 aliphatic heterocycles. The molecule has 6 nitrogen and oxygen atoms in total. The van der Waals surface area contributed by atoms with Gasteiger partial charge in [-0.05, 0) is 37.5 Å². The van der Waals surface area contributed by atoms with Gasteiger partial charge in [0.25, 0.3) is 5.91 Å². The van der Waals surface area contributed by atoms with Crippen molar-refractivity contribution in [2.45, 2.75) is 31.9 Å². The van der Waals surface area contributed by atoms with E-state index in [4.69, 9.17) is 9.47 Å². The number of hydrogen-bond donors (Lipinski definition) is 0. The molecule has 6 heteroatoms. The highest BCUT2D eigenvalue weighted by atomic mass is 16.5. The van der Waals surface area contributed by atoms with Crippen molar-refractivity contribution in [3.8, 4) is 11.8 Å². The fraction of sp³-hybridized carbons (Fsp3) is 0.579. The second kappa shape index (κ2) is 8.32. The van der Waals surface area contributed by atoms with Gasteiger partial charge in [-0.2, -0.15) is 5.26 Å². The summed E-state index contributed by atoms with van der Waals surface area (Å²) in [5.41, 5.74) is 0.963. The molecule has 0 saturated carbocycles. The van der Waals surface area contributed by atoms with E-state index in [2.05, 4.69) is 11.0 Å². The van der Waals surface area contributed by atoms with Gasteiger partial charge in [0.05, 0.1) is 12.7 Å². The molecule has 0 aliphatic carbocycles. The fourth-order valence-electron chi connectivity index (χ4n) is 3.46. The van der Waals surface area contributed by atoms with Gasteiger partial charge >= 0.3 is 0 Å². The van der Waals surface area contributed by atoms with Gasteiger partial charge in [0.2, 0.25) is 0 Å². The molecule has 0 N–H and O–H groups in total. The maximum absolute atomic E-state index is 12.4. The number of piperazine rings is 1. The Kier molecular flexibility index (Phi) is 5.90. The van der Waals surface area contributed by atoms with Crippen molar-refractivity contribution >= 4 is 5.91 Å². The number of amides is 1. The molecule has 0 aromatic heterocycles. The Balaban J connectivity index is 1.58. The molecule has 2 unspecified atom stereocenters. The highest BCUT2D eigenvalue weighted by molar-refractivity contribution is 5.81. The lowest BCUT2D eigenvalue weighted by atomic mass is 10.1. The van der Waals surface area contributed by atoms with Crippen LogP contribution in [0.25, 0.3) is 0 Å². The van der Waals surface area contributed by atoms with E-state index in [1.54, 1.807) is 0 Å². The molecular weight excluding hydrogens is 318 g/mol. The van der Waals surface area contributed by atoms with E-state index in [1.807, 2.05) is 36.1 Å². The summed E-state index contributed by atoms with van der Waals surface area (Å²) in [6.07, 6.45) is 1.53. The number of carbonyl (C=O) groups is 1. The molecule has 2 fully saturated rings. The zero-order chi connectivity index (χ0) is 17.6. The van der Waals surface area contributed by atoms with Gasteiger partial charge in [-0.3, -0.25) is 9.69 Å². The van der Waals surface area contributed by atoms with Crippen LogP contribution in [0.1, 0.15) is 31.4 Å². The van der Waals surface area contributed by atoms with Gasteiger partial charge < -0.3 is 14.4 Å². The molecule has 25 heavy (non-hydrogen) atoms. The van der Waals surface area contributed by atoms with Crippen LogP contribution in [0, 0.1) is 11.3 Å². The Labute approximate surface area is 148 Å². The molecule has 2 aliphatic rings. The normalized spacial score (nSPS) is 22.4. The van der Waals surface area contributed by atoms with Crippen molar-refractivity contribution in [3.63, 3.8) is 0 Å². The minimum absolute atomic E-state index is 0.103. The van der Waals surface area contributed by atoms with Crippen LogP contribution in [-0.4, -0.2) is 61.2 Å². The Morgan fingerprint density at radius 3 is 2.60 bits per heavy atom. The van der Waals surface area contributed by atoms with Crippen molar-refractivity contribution < 1.29 is 14.3 Å². The van der Waals surface area contributed by atoms with E-state index in [1.165, 1.54) is 0 Å². The molecule has 2 atom stereocenters. The minimum Gasteiger partial charge on any atom is -0.494 e. The lowest BCUT2D eigenvalue weighted by Gasteiger charge is -2.37. The molecule has 3 rings (SSSR count). The molecule has 1 amide bonds. The van der Waals surface area contributed by atoms with Crippen molar-refractivity contribution in [2.75, 3.05) is 39.4 Å². The van der Waals surface area contributed by atoms with Crippen molar-refractivity contribution in [1.29, 1.82) is 5.26 Å². The lowest BCUT2D eigenvalue weighted by molar-refractivity contribution is -0.142. The molecule has 0 spiro atoms. The number of rotatable bonds is 5. The number of carbonyl (C=O) groups excluding carboxylic acids is 1. The van der Waals surface area contributed by atoms with E-state index in [9.17, 15) is 10.1 Å². The number of nitrogens with zero attached hydrogens (tertiary/aromatic N) is 3. The SMILES string of the molecule is CCOc1ccc(C(C#N)N2CCN(C(=O)C3CCCO3)CC2)cc1. The maximum atomic E-state index is 12.4. The first-order chi connectivity index (χ1) is 12.2. The Bertz CT molecular complexity index is 612. The van der Waals surface area contributed by atoms with E-state index >= 15 is 0 Å². The van der Waals surface area contributed by atoms with Crippen LogP contribution in [0.3, 0.4) is 0 Å². The molecule has 134 valence electrons. The Morgan fingerprint density at radius 1 is 1.32 bits per heavy atom. The summed E-state index contributed by atoms with van der Waals surface area (Å²) in [5.74, 6) is 0.918. The fourth-order valence-corrected chi connectivity index (χ4v) is 3.46. The first kappa shape index (κ1) is 17.7. The summed E-state index contributed by atoms with van der Waals surface area (Å²) in [4.78, 5) is 16.4. The third kappa shape index (κ3) is 4.12. The number of nitriles is 1. The molecule has 1 aromatic rings. The topological polar surface area (TPSA) is 65.8 Å². The largest absolute Gasteiger partial charge is 0.494 e. The summed E-state index contributed by atoms with van der Waals surface area (Å²) in [7, 11) is 0. The van der Waals surface area contributed by atoms with Gasteiger partial charge in [0.15, 0.2) is 0 Å². The molecule has 0 radical (unpaired) electrons. The molecule has 1 aromatic carbocycles. The van der Waals surface area contributed by atoms with Gasteiger partial charge in [-0.15, -0.1) is 0 Å². The third-order valence-electron chi connectivity index (χ3n) is 4.83. The number of ether oxygens (including phenoxy) is 2. The highest BCUT2D eigenvalue weighted by Gasteiger charge is 2.32. The van der Waals surface area contributed by atoms with E-state index in [-0.39, 0.29) is 18.1 Å². The third-order valence-corrected chi connectivity index (χ3v) is 4.83. The second-order valence-corrected chi connectivity index (χ2v) is 6.40. The smallest absolute Gasteiger partial charge is 0.251 e. The van der Waals surface area contributed by atoms with Gasteiger partial charge in [0, 0.05) is 32.8 Å². The zero-order valence-electron chi connectivity index (χ0n) is 14.7. The Hall–Kier alpha value is -2.10. The van der Waals surface area contributed by atoms with Crippen LogP contribution in [-0.2, 0) is 9.53 Å². The van der Waals surface area contributed by atoms with Gasteiger partial charge in [-0.1, -0.05) is 12.1 Å². The average Bonchev–Trinajstić information content (AvgIpc) is 3.19.